The van der Waals surface area contributed by atoms with Gasteiger partial charge in [0.2, 0.25) is 0 Å². The van der Waals surface area contributed by atoms with Crippen molar-refractivity contribution in [1.82, 2.24) is 4.90 Å². The van der Waals surface area contributed by atoms with E-state index in [1.807, 2.05) is 0 Å². The monoisotopic (exact) mass is 183 g/mol. The van der Waals surface area contributed by atoms with Crippen LogP contribution in [0.3, 0.4) is 0 Å². The first-order valence-corrected chi connectivity index (χ1v) is 5.69. The third-order valence-electron chi connectivity index (χ3n) is 3.74. The van der Waals surface area contributed by atoms with Gasteiger partial charge in [0.25, 0.3) is 0 Å². The average molecular weight is 183 g/mol. The molecule has 3 atom stereocenters. The first-order chi connectivity index (χ1) is 6.35. The quantitative estimate of drug-likeness (QED) is 0.646. The van der Waals surface area contributed by atoms with Crippen LogP contribution in [0, 0.1) is 11.8 Å². The molecule has 0 saturated carbocycles. The van der Waals surface area contributed by atoms with E-state index in [1.54, 1.807) is 0 Å². The molecule has 0 amide bonds. The van der Waals surface area contributed by atoms with Crippen molar-refractivity contribution in [1.29, 1.82) is 0 Å². The number of nitrogens with zero attached hydrogens (tertiary/aromatic N) is 1. The molecule has 0 N–H and O–H groups in total. The first kappa shape index (κ1) is 9.47. The molecule has 0 bridgehead atoms. The van der Waals surface area contributed by atoms with E-state index < -0.39 is 0 Å². The zero-order valence-corrected chi connectivity index (χ0v) is 8.83. The summed E-state index contributed by atoms with van der Waals surface area (Å²) in [6.07, 6.45) is 3.10. The minimum absolute atomic E-state index is 0.555. The van der Waals surface area contributed by atoms with Gasteiger partial charge in [-0.1, -0.05) is 13.8 Å². The Kier molecular flexibility index (Phi) is 2.89. The molecule has 0 spiro atoms. The largest absolute Gasteiger partial charge is 0.378 e. The lowest BCUT2D eigenvalue weighted by Gasteiger charge is -2.35. The van der Waals surface area contributed by atoms with Gasteiger partial charge in [0.05, 0.1) is 12.7 Å². The topological polar surface area (TPSA) is 12.5 Å². The second-order valence-corrected chi connectivity index (χ2v) is 4.39. The fourth-order valence-electron chi connectivity index (χ4n) is 2.81. The van der Waals surface area contributed by atoms with Crippen LogP contribution in [0.25, 0.3) is 0 Å². The molecule has 0 aromatic carbocycles. The highest BCUT2D eigenvalue weighted by molar-refractivity contribution is 4.89. The van der Waals surface area contributed by atoms with E-state index >= 15 is 0 Å². The lowest BCUT2D eigenvalue weighted by molar-refractivity contribution is 0.0743. The Morgan fingerprint density at radius 1 is 1.38 bits per heavy atom. The van der Waals surface area contributed by atoms with Gasteiger partial charge in [-0.2, -0.15) is 0 Å². The van der Waals surface area contributed by atoms with E-state index in [-0.39, 0.29) is 0 Å². The highest BCUT2D eigenvalue weighted by Crippen LogP contribution is 2.35. The molecule has 2 rings (SSSR count). The number of hydrogen-bond donors (Lipinski definition) is 0. The highest BCUT2D eigenvalue weighted by atomic mass is 16.5. The van der Waals surface area contributed by atoms with Crippen LogP contribution in [-0.2, 0) is 4.74 Å². The van der Waals surface area contributed by atoms with Crippen molar-refractivity contribution in [3.63, 3.8) is 0 Å². The zero-order valence-electron chi connectivity index (χ0n) is 8.83. The van der Waals surface area contributed by atoms with E-state index in [1.165, 1.54) is 32.5 Å². The van der Waals surface area contributed by atoms with Crippen LogP contribution in [-0.4, -0.2) is 37.2 Å². The SMILES string of the molecule is CCC1OCC2CCN(CC)CC21. The fraction of sp³-hybridized carbons (Fsp3) is 1.00. The number of ether oxygens (including phenoxy) is 1. The zero-order chi connectivity index (χ0) is 9.26. The third-order valence-corrected chi connectivity index (χ3v) is 3.74. The lowest BCUT2D eigenvalue weighted by Crippen LogP contribution is -2.41. The molecule has 2 heterocycles. The number of piperidine rings is 1. The molecular weight excluding hydrogens is 162 g/mol. The average Bonchev–Trinajstić information content (AvgIpc) is 2.59. The number of likely N-dealkylation sites (tertiary alicyclic amines) is 1. The standard InChI is InChI=1S/C11H21NO/c1-3-11-10-7-12(4-2)6-5-9(10)8-13-11/h9-11H,3-8H2,1-2H3. The molecule has 0 aromatic rings. The minimum atomic E-state index is 0.555. The summed E-state index contributed by atoms with van der Waals surface area (Å²) in [4.78, 5) is 2.57. The van der Waals surface area contributed by atoms with Gasteiger partial charge in [-0.25, -0.2) is 0 Å². The van der Waals surface area contributed by atoms with E-state index in [4.69, 9.17) is 4.74 Å². The molecule has 2 aliphatic rings. The normalized spacial score (nSPS) is 40.6. The summed E-state index contributed by atoms with van der Waals surface area (Å²) in [5, 5.41) is 0. The molecule has 2 aliphatic heterocycles. The minimum Gasteiger partial charge on any atom is -0.378 e. The van der Waals surface area contributed by atoms with Gasteiger partial charge in [-0.3, -0.25) is 0 Å². The molecule has 2 heteroatoms. The Morgan fingerprint density at radius 3 is 2.92 bits per heavy atom. The van der Waals surface area contributed by atoms with Gasteiger partial charge in [0, 0.05) is 12.5 Å². The van der Waals surface area contributed by atoms with Crippen LogP contribution in [0.1, 0.15) is 26.7 Å². The van der Waals surface area contributed by atoms with Gasteiger partial charge >= 0.3 is 0 Å². The number of fused-ring (bicyclic) bond motifs is 1. The molecule has 76 valence electrons. The second-order valence-electron chi connectivity index (χ2n) is 4.39. The van der Waals surface area contributed by atoms with Crippen LogP contribution in [0.4, 0.5) is 0 Å². The maximum absolute atomic E-state index is 5.82. The Bertz CT molecular complexity index is 165. The van der Waals surface area contributed by atoms with E-state index in [9.17, 15) is 0 Å². The molecule has 0 aliphatic carbocycles. The van der Waals surface area contributed by atoms with Crippen molar-refractivity contribution in [2.24, 2.45) is 11.8 Å². The smallest absolute Gasteiger partial charge is 0.0616 e. The second kappa shape index (κ2) is 3.97. The van der Waals surface area contributed by atoms with Crippen LogP contribution >= 0.6 is 0 Å². The van der Waals surface area contributed by atoms with Gasteiger partial charge in [0.1, 0.15) is 0 Å². The van der Waals surface area contributed by atoms with Crippen molar-refractivity contribution in [2.45, 2.75) is 32.8 Å². The summed E-state index contributed by atoms with van der Waals surface area (Å²) in [6.45, 7) is 9.31. The summed E-state index contributed by atoms with van der Waals surface area (Å²) in [6, 6.07) is 0. The molecule has 2 fully saturated rings. The maximum atomic E-state index is 5.82. The Balaban J connectivity index is 1.96. The molecular formula is C11H21NO. The van der Waals surface area contributed by atoms with Crippen LogP contribution in [0.5, 0.6) is 0 Å². The highest BCUT2D eigenvalue weighted by Gasteiger charge is 2.39. The molecule has 0 radical (unpaired) electrons. The molecule has 2 nitrogen and oxygen atoms in total. The first-order valence-electron chi connectivity index (χ1n) is 5.69. The van der Waals surface area contributed by atoms with Gasteiger partial charge in [0.15, 0.2) is 0 Å². The van der Waals surface area contributed by atoms with Crippen LogP contribution < -0.4 is 0 Å². The van der Waals surface area contributed by atoms with Crippen molar-refractivity contribution < 1.29 is 4.74 Å². The molecule has 2 saturated heterocycles. The lowest BCUT2D eigenvalue weighted by atomic mass is 9.84. The number of rotatable bonds is 2. The van der Waals surface area contributed by atoms with Gasteiger partial charge in [-0.15, -0.1) is 0 Å². The molecule has 13 heavy (non-hydrogen) atoms. The summed E-state index contributed by atoms with van der Waals surface area (Å²) >= 11 is 0. The maximum Gasteiger partial charge on any atom is 0.0616 e. The van der Waals surface area contributed by atoms with Crippen molar-refractivity contribution in [3.8, 4) is 0 Å². The summed E-state index contributed by atoms with van der Waals surface area (Å²) in [5.41, 5.74) is 0. The Hall–Kier alpha value is -0.0800. The summed E-state index contributed by atoms with van der Waals surface area (Å²) < 4.78 is 5.82. The predicted octanol–water partition coefficient (Wildman–Crippen LogP) is 1.75. The third kappa shape index (κ3) is 1.75. The van der Waals surface area contributed by atoms with Crippen molar-refractivity contribution >= 4 is 0 Å². The van der Waals surface area contributed by atoms with Crippen molar-refractivity contribution in [3.05, 3.63) is 0 Å². The fourth-order valence-corrected chi connectivity index (χ4v) is 2.81. The van der Waals surface area contributed by atoms with Gasteiger partial charge < -0.3 is 9.64 Å². The predicted molar refractivity (Wildman–Crippen MR) is 53.7 cm³/mol. The van der Waals surface area contributed by atoms with E-state index in [0.717, 1.165) is 18.4 Å². The summed E-state index contributed by atoms with van der Waals surface area (Å²) in [5.74, 6) is 1.70. The Morgan fingerprint density at radius 2 is 2.23 bits per heavy atom. The molecule has 0 aromatic heterocycles. The van der Waals surface area contributed by atoms with Crippen LogP contribution in [0.2, 0.25) is 0 Å². The van der Waals surface area contributed by atoms with Crippen LogP contribution in [0.15, 0.2) is 0 Å². The van der Waals surface area contributed by atoms with Gasteiger partial charge in [-0.05, 0) is 31.8 Å². The van der Waals surface area contributed by atoms with E-state index in [0.29, 0.717) is 6.10 Å². The Labute approximate surface area is 81.3 Å². The van der Waals surface area contributed by atoms with Crippen molar-refractivity contribution in [2.75, 3.05) is 26.2 Å². The summed E-state index contributed by atoms with van der Waals surface area (Å²) in [7, 11) is 0. The molecule has 3 unspecified atom stereocenters. The van der Waals surface area contributed by atoms with E-state index in [2.05, 4.69) is 18.7 Å². The number of hydrogen-bond acceptors (Lipinski definition) is 2.